The summed E-state index contributed by atoms with van der Waals surface area (Å²) in [5, 5.41) is 4.39. The number of likely N-dealkylation sites (N-methyl/N-ethyl adjacent to an activating group) is 1. The molecule has 11 heteroatoms. The lowest BCUT2D eigenvalue weighted by atomic mass is 10.2. The van der Waals surface area contributed by atoms with Crippen molar-refractivity contribution in [2.75, 3.05) is 38.1 Å². The quantitative estimate of drug-likeness (QED) is 0.748. The van der Waals surface area contributed by atoms with Crippen LogP contribution in [0.5, 0.6) is 0 Å². The molecule has 27 heavy (non-hydrogen) atoms. The van der Waals surface area contributed by atoms with Crippen molar-refractivity contribution in [3.05, 3.63) is 24.9 Å². The van der Waals surface area contributed by atoms with Gasteiger partial charge in [0.2, 0.25) is 0 Å². The molecule has 2 fully saturated rings. The first-order chi connectivity index (χ1) is 12.8. The Balaban J connectivity index is 1.43. The van der Waals surface area contributed by atoms with Crippen LogP contribution in [0.15, 0.2) is 29.9 Å². The van der Waals surface area contributed by atoms with Gasteiger partial charge in [0.1, 0.15) is 0 Å². The number of nitrogens with zero attached hydrogens (tertiary/aromatic N) is 7. The molecule has 4 heterocycles. The highest BCUT2D eigenvalue weighted by atomic mass is 32.2. The molecular weight excluding hydrogens is 370 g/mol. The number of sulfonamides is 1. The van der Waals surface area contributed by atoms with E-state index in [4.69, 9.17) is 0 Å². The van der Waals surface area contributed by atoms with E-state index in [2.05, 4.69) is 10.1 Å². The zero-order valence-corrected chi connectivity index (χ0v) is 16.4. The van der Waals surface area contributed by atoms with Gasteiger partial charge < -0.3 is 9.47 Å². The van der Waals surface area contributed by atoms with Crippen molar-refractivity contribution in [3.63, 3.8) is 0 Å². The van der Waals surface area contributed by atoms with E-state index < -0.39 is 10.0 Å². The van der Waals surface area contributed by atoms with Crippen molar-refractivity contribution in [1.29, 1.82) is 0 Å². The normalized spacial score (nSPS) is 19.3. The summed E-state index contributed by atoms with van der Waals surface area (Å²) in [6.45, 7) is 5.93. The molecule has 2 amide bonds. The lowest BCUT2D eigenvalue weighted by Gasteiger charge is -2.37. The fraction of sp³-hybridized carbons (Fsp3) is 0.562. The Bertz CT molecular complexity index is 958. The molecule has 0 aliphatic carbocycles. The van der Waals surface area contributed by atoms with Crippen LogP contribution >= 0.6 is 0 Å². The molecule has 0 N–H and O–H groups in total. The number of urea groups is 1. The summed E-state index contributed by atoms with van der Waals surface area (Å²) >= 11 is 0. The Hall–Kier alpha value is -2.40. The van der Waals surface area contributed by atoms with Crippen LogP contribution in [0.1, 0.15) is 25.9 Å². The number of imidazole rings is 1. The van der Waals surface area contributed by atoms with E-state index in [0.29, 0.717) is 26.2 Å². The highest BCUT2D eigenvalue weighted by Gasteiger charge is 2.39. The average molecular weight is 393 g/mol. The number of anilines is 1. The van der Waals surface area contributed by atoms with E-state index in [0.717, 1.165) is 5.69 Å². The summed E-state index contributed by atoms with van der Waals surface area (Å²) in [5.74, 6) is 0. The van der Waals surface area contributed by atoms with Gasteiger partial charge in [0, 0.05) is 51.7 Å². The molecule has 2 saturated heterocycles. The van der Waals surface area contributed by atoms with Gasteiger partial charge in [-0.15, -0.1) is 0 Å². The maximum atomic E-state index is 12.7. The molecule has 0 aromatic carbocycles. The van der Waals surface area contributed by atoms with Gasteiger partial charge in [-0.2, -0.15) is 9.40 Å². The molecule has 4 rings (SSSR count). The van der Waals surface area contributed by atoms with Crippen LogP contribution in [0.25, 0.3) is 0 Å². The molecule has 2 aliphatic heterocycles. The zero-order chi connectivity index (χ0) is 19.3. The molecule has 2 aromatic rings. The molecule has 146 valence electrons. The highest BCUT2D eigenvalue weighted by molar-refractivity contribution is 7.89. The van der Waals surface area contributed by atoms with Crippen LogP contribution in [0.2, 0.25) is 0 Å². The summed E-state index contributed by atoms with van der Waals surface area (Å²) in [4.78, 5) is 19.5. The van der Waals surface area contributed by atoms with Gasteiger partial charge >= 0.3 is 6.03 Å². The van der Waals surface area contributed by atoms with Gasteiger partial charge in [-0.25, -0.2) is 18.2 Å². The van der Waals surface area contributed by atoms with Gasteiger partial charge in [0.05, 0.1) is 24.3 Å². The van der Waals surface area contributed by atoms with Crippen molar-refractivity contribution in [1.82, 2.24) is 28.5 Å². The van der Waals surface area contributed by atoms with Crippen LogP contribution < -0.4 is 4.90 Å². The fourth-order valence-corrected chi connectivity index (χ4v) is 4.64. The molecule has 0 radical (unpaired) electrons. The number of aromatic nitrogens is 4. The van der Waals surface area contributed by atoms with E-state index >= 15 is 0 Å². The summed E-state index contributed by atoms with van der Waals surface area (Å²) in [7, 11) is -1.83. The lowest BCUT2D eigenvalue weighted by Crippen LogP contribution is -2.50. The second-order valence-electron chi connectivity index (χ2n) is 7.26. The van der Waals surface area contributed by atoms with Crippen molar-refractivity contribution in [3.8, 4) is 0 Å². The molecule has 2 aromatic heterocycles. The lowest BCUT2D eigenvalue weighted by molar-refractivity contribution is 0.191. The fourth-order valence-electron chi connectivity index (χ4n) is 3.20. The van der Waals surface area contributed by atoms with E-state index in [1.807, 2.05) is 13.8 Å². The van der Waals surface area contributed by atoms with Crippen LogP contribution in [0.3, 0.4) is 0 Å². The van der Waals surface area contributed by atoms with Crippen molar-refractivity contribution >= 4 is 21.7 Å². The summed E-state index contributed by atoms with van der Waals surface area (Å²) in [5.41, 5.74) is 0.737. The predicted molar refractivity (Wildman–Crippen MR) is 98.0 cm³/mol. The molecule has 0 bridgehead atoms. The smallest absolute Gasteiger partial charge is 0.324 e. The first kappa shape index (κ1) is 18.0. The largest absolute Gasteiger partial charge is 0.334 e. The van der Waals surface area contributed by atoms with E-state index in [1.54, 1.807) is 51.0 Å². The summed E-state index contributed by atoms with van der Waals surface area (Å²) in [6, 6.07) is 0.0599. The Morgan fingerprint density at radius 2 is 1.93 bits per heavy atom. The van der Waals surface area contributed by atoms with Crippen LogP contribution in [0, 0.1) is 0 Å². The minimum absolute atomic E-state index is 0.0452. The van der Waals surface area contributed by atoms with E-state index in [9.17, 15) is 13.2 Å². The SMILES string of the molecule is CC(C)n1cnc(S(=O)(=O)N2CC(n3cc(N4CCN(C)C4=O)cn3)C2)c1. The second-order valence-corrected chi connectivity index (χ2v) is 9.15. The molecular formula is C16H23N7O3S. The number of carbonyl (C=O) groups excluding carboxylic acids is 1. The summed E-state index contributed by atoms with van der Waals surface area (Å²) < 4.78 is 30.3. The van der Waals surface area contributed by atoms with Gasteiger partial charge in [-0.3, -0.25) is 9.58 Å². The van der Waals surface area contributed by atoms with Gasteiger partial charge in [-0.1, -0.05) is 0 Å². The highest BCUT2D eigenvalue weighted by Crippen LogP contribution is 2.29. The Labute approximate surface area is 158 Å². The number of amides is 2. The maximum absolute atomic E-state index is 12.7. The third-order valence-electron chi connectivity index (χ3n) is 5.10. The molecule has 0 spiro atoms. The number of hydrogen-bond acceptors (Lipinski definition) is 5. The second kappa shape index (κ2) is 6.34. The van der Waals surface area contributed by atoms with E-state index in [1.165, 1.54) is 4.31 Å². The van der Waals surface area contributed by atoms with Crippen LogP contribution in [-0.4, -0.2) is 76.2 Å². The molecule has 10 nitrogen and oxygen atoms in total. The minimum atomic E-state index is -3.59. The van der Waals surface area contributed by atoms with E-state index in [-0.39, 0.29) is 23.1 Å². The Morgan fingerprint density at radius 1 is 1.19 bits per heavy atom. The van der Waals surface area contributed by atoms with Gasteiger partial charge in [-0.05, 0) is 13.8 Å². The molecule has 0 unspecified atom stereocenters. The molecule has 0 saturated carbocycles. The van der Waals surface area contributed by atoms with Crippen molar-refractivity contribution in [2.45, 2.75) is 31.0 Å². The molecule has 0 atom stereocenters. The third-order valence-corrected chi connectivity index (χ3v) is 6.81. The maximum Gasteiger partial charge on any atom is 0.324 e. The van der Waals surface area contributed by atoms with Gasteiger partial charge in [0.25, 0.3) is 10.0 Å². The Kier molecular flexibility index (Phi) is 4.22. The topological polar surface area (TPSA) is 96.6 Å². The zero-order valence-electron chi connectivity index (χ0n) is 15.6. The first-order valence-electron chi connectivity index (χ1n) is 8.88. The summed E-state index contributed by atoms with van der Waals surface area (Å²) in [6.07, 6.45) is 6.56. The van der Waals surface area contributed by atoms with Gasteiger partial charge in [0.15, 0.2) is 5.03 Å². The number of carbonyl (C=O) groups is 1. The van der Waals surface area contributed by atoms with Crippen molar-refractivity contribution in [2.24, 2.45) is 0 Å². The standard InChI is InChI=1S/C16H23N7O3S/c1-12(2)20-10-15(17-11-20)27(25,26)21-7-14(8-21)23-9-13(6-18-23)22-5-4-19(3)16(22)24/h6,9-12,14H,4-5,7-8H2,1-3H3. The van der Waals surface area contributed by atoms with Crippen molar-refractivity contribution < 1.29 is 13.2 Å². The average Bonchev–Trinajstić information content (AvgIpc) is 3.27. The minimum Gasteiger partial charge on any atom is -0.334 e. The first-order valence-corrected chi connectivity index (χ1v) is 10.3. The van der Waals surface area contributed by atoms with Crippen LogP contribution in [0.4, 0.5) is 10.5 Å². The predicted octanol–water partition coefficient (Wildman–Crippen LogP) is 0.778. The molecule has 2 aliphatic rings. The monoisotopic (exact) mass is 393 g/mol. The van der Waals surface area contributed by atoms with Crippen LogP contribution in [-0.2, 0) is 10.0 Å². The third kappa shape index (κ3) is 3.00. The number of rotatable bonds is 5. The number of hydrogen-bond donors (Lipinski definition) is 0. The Morgan fingerprint density at radius 3 is 2.52 bits per heavy atom.